The van der Waals surface area contributed by atoms with Gasteiger partial charge in [0, 0.05) is 16.9 Å². The Bertz CT molecular complexity index is 451. The summed E-state index contributed by atoms with van der Waals surface area (Å²) in [5.74, 6) is 0. The minimum Gasteiger partial charge on any atom is -0.354 e. The van der Waals surface area contributed by atoms with Gasteiger partial charge in [0.15, 0.2) is 0 Å². The van der Waals surface area contributed by atoms with Crippen LogP contribution in [0.4, 0.5) is 11.4 Å². The number of pyridine rings is 1. The third kappa shape index (κ3) is 2.48. The number of aryl methyl sites for hydroxylation is 1. The Kier molecular flexibility index (Phi) is 2.88. The van der Waals surface area contributed by atoms with Crippen LogP contribution in [0.25, 0.3) is 0 Å². The van der Waals surface area contributed by atoms with Crippen LogP contribution in [0.2, 0.25) is 5.02 Å². The number of hydrogen-bond donors (Lipinski definition) is 1. The van der Waals surface area contributed by atoms with Crippen molar-refractivity contribution < 1.29 is 0 Å². The highest BCUT2D eigenvalue weighted by Crippen LogP contribution is 2.20. The number of rotatable bonds is 2. The molecule has 1 aromatic carbocycles. The van der Waals surface area contributed by atoms with E-state index in [1.165, 1.54) is 5.56 Å². The molecule has 0 unspecified atom stereocenters. The molecule has 2 aromatic rings. The second-order valence-electron chi connectivity index (χ2n) is 3.32. The van der Waals surface area contributed by atoms with E-state index in [-0.39, 0.29) is 0 Å². The van der Waals surface area contributed by atoms with Crippen molar-refractivity contribution in [2.24, 2.45) is 0 Å². The molecule has 2 nitrogen and oxygen atoms in total. The second kappa shape index (κ2) is 4.32. The number of nitrogens with zero attached hydrogens (tertiary/aromatic N) is 1. The van der Waals surface area contributed by atoms with Crippen LogP contribution in [-0.4, -0.2) is 4.98 Å². The Labute approximate surface area is 93.9 Å². The third-order valence-corrected chi connectivity index (χ3v) is 2.41. The molecule has 0 atom stereocenters. The summed E-state index contributed by atoms with van der Waals surface area (Å²) >= 11 is 5.81. The fourth-order valence-corrected chi connectivity index (χ4v) is 1.41. The third-order valence-electron chi connectivity index (χ3n) is 2.16. The molecule has 0 aliphatic heterocycles. The van der Waals surface area contributed by atoms with Crippen molar-refractivity contribution in [2.45, 2.75) is 6.92 Å². The van der Waals surface area contributed by atoms with Crippen molar-refractivity contribution in [3.63, 3.8) is 0 Å². The number of halogens is 1. The number of anilines is 2. The summed E-state index contributed by atoms with van der Waals surface area (Å²) in [6.07, 6.45) is 3.59. The van der Waals surface area contributed by atoms with Gasteiger partial charge in [0.25, 0.3) is 0 Å². The molecule has 1 aromatic heterocycles. The lowest BCUT2D eigenvalue weighted by Crippen LogP contribution is -1.93. The zero-order valence-corrected chi connectivity index (χ0v) is 9.12. The maximum atomic E-state index is 5.81. The minimum atomic E-state index is 0.739. The lowest BCUT2D eigenvalue weighted by molar-refractivity contribution is 1.28. The average molecular weight is 219 g/mol. The standard InChI is InChI=1S/C12H11ClN2/c1-9-6-7-14-8-12(9)15-11-4-2-10(13)3-5-11/h2-8,15H,1H3. The summed E-state index contributed by atoms with van der Waals surface area (Å²) in [6, 6.07) is 9.56. The molecule has 0 radical (unpaired) electrons. The molecule has 15 heavy (non-hydrogen) atoms. The summed E-state index contributed by atoms with van der Waals surface area (Å²) in [5, 5.41) is 4.02. The molecule has 0 bridgehead atoms. The van der Waals surface area contributed by atoms with Gasteiger partial charge in [0.05, 0.1) is 11.9 Å². The van der Waals surface area contributed by atoms with Gasteiger partial charge in [-0.05, 0) is 42.8 Å². The van der Waals surface area contributed by atoms with Crippen molar-refractivity contribution in [1.82, 2.24) is 4.98 Å². The maximum absolute atomic E-state index is 5.81. The van der Waals surface area contributed by atoms with E-state index in [0.717, 1.165) is 16.4 Å². The minimum absolute atomic E-state index is 0.739. The van der Waals surface area contributed by atoms with Crippen LogP contribution in [0.1, 0.15) is 5.56 Å². The molecule has 3 heteroatoms. The maximum Gasteiger partial charge on any atom is 0.0600 e. The molecule has 0 saturated heterocycles. The highest BCUT2D eigenvalue weighted by atomic mass is 35.5. The number of benzene rings is 1. The SMILES string of the molecule is Cc1ccncc1Nc1ccc(Cl)cc1. The van der Waals surface area contributed by atoms with Gasteiger partial charge < -0.3 is 5.32 Å². The second-order valence-corrected chi connectivity index (χ2v) is 3.76. The van der Waals surface area contributed by atoms with Gasteiger partial charge in [-0.1, -0.05) is 11.6 Å². The van der Waals surface area contributed by atoms with Gasteiger partial charge in [-0.15, -0.1) is 0 Å². The van der Waals surface area contributed by atoms with Crippen molar-refractivity contribution in [1.29, 1.82) is 0 Å². The van der Waals surface area contributed by atoms with Gasteiger partial charge in [0.1, 0.15) is 0 Å². The molecular formula is C12H11ClN2. The van der Waals surface area contributed by atoms with Crippen molar-refractivity contribution in [3.05, 3.63) is 53.3 Å². The van der Waals surface area contributed by atoms with Crippen LogP contribution in [-0.2, 0) is 0 Å². The summed E-state index contributed by atoms with van der Waals surface area (Å²) < 4.78 is 0. The Morgan fingerprint density at radius 2 is 1.87 bits per heavy atom. The van der Waals surface area contributed by atoms with Crippen LogP contribution in [0.5, 0.6) is 0 Å². The van der Waals surface area contributed by atoms with Crippen molar-refractivity contribution in [2.75, 3.05) is 5.32 Å². The van der Waals surface area contributed by atoms with E-state index in [4.69, 9.17) is 11.6 Å². The first kappa shape index (κ1) is 9.99. The van der Waals surface area contributed by atoms with E-state index >= 15 is 0 Å². The van der Waals surface area contributed by atoms with Gasteiger partial charge in [-0.25, -0.2) is 0 Å². The Balaban J connectivity index is 2.22. The first-order valence-electron chi connectivity index (χ1n) is 4.69. The summed E-state index contributed by atoms with van der Waals surface area (Å²) in [5.41, 5.74) is 3.19. The fraction of sp³-hybridized carbons (Fsp3) is 0.0833. The average Bonchev–Trinajstić information content (AvgIpc) is 2.25. The molecule has 0 aliphatic carbocycles. The van der Waals surface area contributed by atoms with Crippen molar-refractivity contribution >= 4 is 23.0 Å². The van der Waals surface area contributed by atoms with E-state index < -0.39 is 0 Å². The van der Waals surface area contributed by atoms with E-state index in [1.54, 1.807) is 6.20 Å². The predicted molar refractivity (Wildman–Crippen MR) is 63.7 cm³/mol. The zero-order valence-electron chi connectivity index (χ0n) is 8.37. The van der Waals surface area contributed by atoms with Crippen LogP contribution in [0.15, 0.2) is 42.7 Å². The molecule has 0 amide bonds. The number of hydrogen-bond acceptors (Lipinski definition) is 2. The van der Waals surface area contributed by atoms with E-state index in [1.807, 2.05) is 43.5 Å². The Hall–Kier alpha value is -1.54. The molecule has 0 saturated carbocycles. The molecule has 1 heterocycles. The van der Waals surface area contributed by atoms with Crippen molar-refractivity contribution in [3.8, 4) is 0 Å². The molecule has 0 fully saturated rings. The molecule has 2 rings (SSSR count). The molecule has 0 aliphatic rings. The lowest BCUT2D eigenvalue weighted by atomic mass is 10.2. The summed E-state index contributed by atoms with van der Waals surface area (Å²) in [6.45, 7) is 2.04. The first-order valence-corrected chi connectivity index (χ1v) is 5.07. The largest absolute Gasteiger partial charge is 0.354 e. The van der Waals surface area contributed by atoms with Gasteiger partial charge >= 0.3 is 0 Å². The van der Waals surface area contributed by atoms with Gasteiger partial charge in [-0.3, -0.25) is 4.98 Å². The number of nitrogens with one attached hydrogen (secondary N) is 1. The normalized spacial score (nSPS) is 10.0. The van der Waals surface area contributed by atoms with Crippen LogP contribution >= 0.6 is 11.6 Å². The van der Waals surface area contributed by atoms with E-state index in [2.05, 4.69) is 10.3 Å². The van der Waals surface area contributed by atoms with Crippen LogP contribution < -0.4 is 5.32 Å². The molecule has 76 valence electrons. The van der Waals surface area contributed by atoms with Crippen LogP contribution in [0, 0.1) is 6.92 Å². The smallest absolute Gasteiger partial charge is 0.0600 e. The first-order chi connectivity index (χ1) is 7.25. The Morgan fingerprint density at radius 3 is 2.53 bits per heavy atom. The Morgan fingerprint density at radius 1 is 1.13 bits per heavy atom. The molecule has 1 N–H and O–H groups in total. The van der Waals surface area contributed by atoms with Crippen LogP contribution in [0.3, 0.4) is 0 Å². The molecule has 0 spiro atoms. The van der Waals surface area contributed by atoms with Gasteiger partial charge in [0.2, 0.25) is 0 Å². The highest BCUT2D eigenvalue weighted by Gasteiger charge is 1.97. The monoisotopic (exact) mass is 218 g/mol. The zero-order chi connectivity index (χ0) is 10.7. The van der Waals surface area contributed by atoms with Gasteiger partial charge in [-0.2, -0.15) is 0 Å². The van der Waals surface area contributed by atoms with E-state index in [0.29, 0.717) is 0 Å². The number of aromatic nitrogens is 1. The quantitative estimate of drug-likeness (QED) is 0.830. The summed E-state index contributed by atoms with van der Waals surface area (Å²) in [4.78, 5) is 4.07. The van der Waals surface area contributed by atoms with E-state index in [9.17, 15) is 0 Å². The fourth-order valence-electron chi connectivity index (χ4n) is 1.28. The summed E-state index contributed by atoms with van der Waals surface area (Å²) in [7, 11) is 0. The molecular weight excluding hydrogens is 208 g/mol. The topological polar surface area (TPSA) is 24.9 Å². The lowest BCUT2D eigenvalue weighted by Gasteiger charge is -2.08. The highest BCUT2D eigenvalue weighted by molar-refractivity contribution is 6.30. The predicted octanol–water partition coefficient (Wildman–Crippen LogP) is 3.79.